The standard InChI is InChI=1S/C14H15FN2O2/c1-3-11(18)12-8(2)16-14(19)17-13(12)9-6-4-5-7-10(9)15/h4-7,13H,3H2,1-2H3,(H2,16,17,19)/t13-/m1/s1. The number of urea groups is 1. The lowest BCUT2D eigenvalue weighted by Gasteiger charge is -2.28. The lowest BCUT2D eigenvalue weighted by molar-refractivity contribution is -0.115. The number of nitrogens with one attached hydrogen (secondary N) is 2. The first-order chi connectivity index (χ1) is 9.04. The quantitative estimate of drug-likeness (QED) is 0.879. The third-order valence-corrected chi connectivity index (χ3v) is 3.11. The topological polar surface area (TPSA) is 58.2 Å². The van der Waals surface area contributed by atoms with Crippen molar-refractivity contribution in [1.29, 1.82) is 0 Å². The lowest BCUT2D eigenvalue weighted by Crippen LogP contribution is -2.45. The van der Waals surface area contributed by atoms with Crippen molar-refractivity contribution in [3.63, 3.8) is 0 Å². The van der Waals surface area contributed by atoms with Gasteiger partial charge in [0.05, 0.1) is 6.04 Å². The zero-order valence-corrected chi connectivity index (χ0v) is 10.8. The molecule has 1 aromatic rings. The summed E-state index contributed by atoms with van der Waals surface area (Å²) in [5.41, 5.74) is 1.18. The third kappa shape index (κ3) is 2.50. The van der Waals surface area contributed by atoms with Crippen LogP contribution in [0.1, 0.15) is 31.9 Å². The second-order valence-electron chi connectivity index (χ2n) is 4.37. The van der Waals surface area contributed by atoms with E-state index in [0.29, 0.717) is 23.3 Å². The minimum Gasteiger partial charge on any atom is -0.327 e. The van der Waals surface area contributed by atoms with E-state index in [1.54, 1.807) is 32.0 Å². The molecule has 19 heavy (non-hydrogen) atoms. The Balaban J connectivity index is 2.53. The fourth-order valence-electron chi connectivity index (χ4n) is 2.20. The van der Waals surface area contributed by atoms with Crippen molar-refractivity contribution in [2.24, 2.45) is 0 Å². The molecule has 1 aliphatic heterocycles. The number of Topliss-reactive ketones (excluding diaryl/α,β-unsaturated/α-hetero) is 1. The van der Waals surface area contributed by atoms with Gasteiger partial charge >= 0.3 is 6.03 Å². The molecule has 1 aliphatic rings. The maximum Gasteiger partial charge on any atom is 0.319 e. The Morgan fingerprint density at radius 2 is 2.05 bits per heavy atom. The Labute approximate surface area is 110 Å². The van der Waals surface area contributed by atoms with Gasteiger partial charge in [0.1, 0.15) is 5.82 Å². The fraction of sp³-hybridized carbons (Fsp3) is 0.286. The van der Waals surface area contributed by atoms with E-state index in [-0.39, 0.29) is 5.78 Å². The summed E-state index contributed by atoms with van der Waals surface area (Å²) in [7, 11) is 0. The molecule has 2 amide bonds. The third-order valence-electron chi connectivity index (χ3n) is 3.11. The molecular formula is C14H15FN2O2. The number of hydrogen-bond acceptors (Lipinski definition) is 2. The molecule has 1 aromatic carbocycles. The van der Waals surface area contributed by atoms with Gasteiger partial charge in [0.2, 0.25) is 0 Å². The number of benzene rings is 1. The van der Waals surface area contributed by atoms with Crippen molar-refractivity contribution < 1.29 is 14.0 Å². The molecule has 5 heteroatoms. The summed E-state index contributed by atoms with van der Waals surface area (Å²) in [4.78, 5) is 23.5. The van der Waals surface area contributed by atoms with Gasteiger partial charge in [-0.05, 0) is 13.0 Å². The summed E-state index contributed by atoms with van der Waals surface area (Å²) in [5.74, 6) is -0.554. The Hall–Kier alpha value is -2.17. The van der Waals surface area contributed by atoms with Crippen molar-refractivity contribution in [1.82, 2.24) is 10.6 Å². The maximum absolute atomic E-state index is 13.9. The van der Waals surface area contributed by atoms with Crippen LogP contribution in [0.15, 0.2) is 35.5 Å². The molecule has 0 radical (unpaired) electrons. The summed E-state index contributed by atoms with van der Waals surface area (Å²) < 4.78 is 13.9. The highest BCUT2D eigenvalue weighted by Crippen LogP contribution is 2.29. The first-order valence-corrected chi connectivity index (χ1v) is 6.10. The molecular weight excluding hydrogens is 247 g/mol. The molecule has 0 aromatic heterocycles. The number of allylic oxidation sites excluding steroid dienone is 1. The average Bonchev–Trinajstić information content (AvgIpc) is 2.37. The number of hydrogen-bond donors (Lipinski definition) is 2. The van der Waals surface area contributed by atoms with Crippen LogP contribution in [-0.2, 0) is 4.79 Å². The van der Waals surface area contributed by atoms with E-state index in [2.05, 4.69) is 10.6 Å². The Morgan fingerprint density at radius 1 is 1.37 bits per heavy atom. The predicted octanol–water partition coefficient (Wildman–Crippen LogP) is 2.43. The molecule has 0 unspecified atom stereocenters. The molecule has 0 saturated carbocycles. The van der Waals surface area contributed by atoms with E-state index in [1.165, 1.54) is 6.07 Å². The second-order valence-corrected chi connectivity index (χ2v) is 4.37. The van der Waals surface area contributed by atoms with E-state index in [0.717, 1.165) is 0 Å². The first kappa shape index (κ1) is 13.3. The normalized spacial score (nSPS) is 18.9. The number of rotatable bonds is 3. The largest absolute Gasteiger partial charge is 0.327 e. The van der Waals surface area contributed by atoms with Gasteiger partial charge in [-0.1, -0.05) is 25.1 Å². The van der Waals surface area contributed by atoms with Crippen LogP contribution in [0.4, 0.5) is 9.18 Å². The van der Waals surface area contributed by atoms with Crippen LogP contribution in [0, 0.1) is 5.82 Å². The molecule has 0 spiro atoms. The maximum atomic E-state index is 13.9. The van der Waals surface area contributed by atoms with Crippen LogP contribution in [0.5, 0.6) is 0 Å². The number of ketones is 1. The summed E-state index contributed by atoms with van der Waals surface area (Å²) >= 11 is 0. The number of carbonyl (C=O) groups excluding carboxylic acids is 2. The lowest BCUT2D eigenvalue weighted by atomic mass is 9.91. The highest BCUT2D eigenvalue weighted by Gasteiger charge is 2.31. The Kier molecular flexibility index (Phi) is 3.64. The minimum absolute atomic E-state index is 0.113. The fourth-order valence-corrected chi connectivity index (χ4v) is 2.20. The van der Waals surface area contributed by atoms with Gasteiger partial charge in [0, 0.05) is 23.3 Å². The van der Waals surface area contributed by atoms with Gasteiger partial charge in [-0.3, -0.25) is 4.79 Å². The van der Waals surface area contributed by atoms with E-state index in [1.807, 2.05) is 0 Å². The van der Waals surface area contributed by atoms with Gasteiger partial charge in [-0.15, -0.1) is 0 Å². The molecule has 0 aliphatic carbocycles. The molecule has 2 N–H and O–H groups in total. The number of carbonyl (C=O) groups is 2. The van der Waals surface area contributed by atoms with Crippen LogP contribution >= 0.6 is 0 Å². The predicted molar refractivity (Wildman–Crippen MR) is 68.8 cm³/mol. The van der Waals surface area contributed by atoms with Gasteiger partial charge in [-0.2, -0.15) is 0 Å². The molecule has 0 bridgehead atoms. The summed E-state index contributed by atoms with van der Waals surface area (Å²) in [6.07, 6.45) is 0.301. The highest BCUT2D eigenvalue weighted by molar-refractivity contribution is 5.99. The van der Waals surface area contributed by atoms with Crippen LogP contribution in [0.3, 0.4) is 0 Å². The average molecular weight is 262 g/mol. The zero-order valence-electron chi connectivity index (χ0n) is 10.8. The van der Waals surface area contributed by atoms with Gasteiger partial charge in [0.15, 0.2) is 5.78 Å². The van der Waals surface area contributed by atoms with Crippen molar-refractivity contribution in [3.05, 3.63) is 46.9 Å². The molecule has 0 fully saturated rings. The highest BCUT2D eigenvalue weighted by atomic mass is 19.1. The van der Waals surface area contributed by atoms with Crippen molar-refractivity contribution in [2.45, 2.75) is 26.3 Å². The molecule has 1 atom stereocenters. The summed E-state index contributed by atoms with van der Waals surface area (Å²) in [6.45, 7) is 3.38. The van der Waals surface area contributed by atoms with Gasteiger partial charge in [-0.25, -0.2) is 9.18 Å². The molecule has 4 nitrogen and oxygen atoms in total. The number of amides is 2. The van der Waals surface area contributed by atoms with Crippen LogP contribution in [0.2, 0.25) is 0 Å². The van der Waals surface area contributed by atoms with Gasteiger partial charge < -0.3 is 10.6 Å². The first-order valence-electron chi connectivity index (χ1n) is 6.10. The monoisotopic (exact) mass is 262 g/mol. The Morgan fingerprint density at radius 3 is 2.68 bits per heavy atom. The molecule has 1 heterocycles. The van der Waals surface area contributed by atoms with Crippen LogP contribution in [-0.4, -0.2) is 11.8 Å². The second kappa shape index (κ2) is 5.22. The zero-order chi connectivity index (χ0) is 14.0. The van der Waals surface area contributed by atoms with Crippen LogP contribution < -0.4 is 10.6 Å². The number of halogens is 1. The minimum atomic E-state index is -0.734. The van der Waals surface area contributed by atoms with Crippen molar-refractivity contribution in [2.75, 3.05) is 0 Å². The summed E-state index contributed by atoms with van der Waals surface area (Å²) in [5, 5.41) is 5.15. The molecule has 0 saturated heterocycles. The van der Waals surface area contributed by atoms with Gasteiger partial charge in [0.25, 0.3) is 0 Å². The SMILES string of the molecule is CCC(=O)C1=C(C)NC(=O)N[C@@H]1c1ccccc1F. The van der Waals surface area contributed by atoms with E-state index in [9.17, 15) is 14.0 Å². The molecule has 100 valence electrons. The molecule has 2 rings (SSSR count). The van der Waals surface area contributed by atoms with Crippen molar-refractivity contribution in [3.8, 4) is 0 Å². The van der Waals surface area contributed by atoms with Crippen LogP contribution in [0.25, 0.3) is 0 Å². The van der Waals surface area contributed by atoms with Crippen molar-refractivity contribution >= 4 is 11.8 Å². The summed E-state index contributed by atoms with van der Waals surface area (Å²) in [6, 6.07) is 4.96. The van der Waals surface area contributed by atoms with E-state index >= 15 is 0 Å². The smallest absolute Gasteiger partial charge is 0.319 e. The van der Waals surface area contributed by atoms with E-state index in [4.69, 9.17) is 0 Å². The van der Waals surface area contributed by atoms with E-state index < -0.39 is 17.9 Å². The Bertz CT molecular complexity index is 566.